The summed E-state index contributed by atoms with van der Waals surface area (Å²) in [6, 6.07) is 9.06. The van der Waals surface area contributed by atoms with Gasteiger partial charge in [0.1, 0.15) is 5.84 Å². The van der Waals surface area contributed by atoms with E-state index in [4.69, 9.17) is 10.9 Å². The maximum absolute atomic E-state index is 8.82. The highest BCUT2D eigenvalue weighted by Gasteiger charge is 2.29. The second-order valence-electron chi connectivity index (χ2n) is 5.99. The smallest absolute Gasteiger partial charge is 0.144 e. The average Bonchev–Trinajstić information content (AvgIpc) is 2.71. The van der Waals surface area contributed by atoms with Crippen LogP contribution in [-0.2, 0) is 6.42 Å². The summed E-state index contributed by atoms with van der Waals surface area (Å²) < 4.78 is 0. The number of nitrogens with two attached hydrogens (primary N) is 1. The van der Waals surface area contributed by atoms with Gasteiger partial charge in [0, 0.05) is 23.7 Å². The summed E-state index contributed by atoms with van der Waals surface area (Å²) >= 11 is 0. The average molecular weight is 261 g/mol. The van der Waals surface area contributed by atoms with Gasteiger partial charge in [-0.2, -0.15) is 0 Å². The van der Waals surface area contributed by atoms with E-state index in [9.17, 15) is 0 Å². The summed E-state index contributed by atoms with van der Waals surface area (Å²) in [5.74, 6) is 0.299. The number of hydrogen-bond donors (Lipinski definition) is 2. The van der Waals surface area contributed by atoms with E-state index in [0.29, 0.717) is 11.9 Å². The molecule has 1 unspecified atom stereocenters. The molecular formula is C15H23N3O. The monoisotopic (exact) mass is 261 g/mol. The van der Waals surface area contributed by atoms with Crippen LogP contribution < -0.4 is 10.6 Å². The Bertz CT molecular complexity index is 482. The number of para-hydroxylation sites is 1. The molecule has 1 aromatic carbocycles. The molecule has 4 heteroatoms. The standard InChI is InChI=1S/C15H23N3O/c1-11-10-12-6-4-5-7-13(12)18(11)9-8-15(2,3)14(16)17-19/h4-7,11,19H,8-10H2,1-3H3,(H2,16,17). The summed E-state index contributed by atoms with van der Waals surface area (Å²) in [5.41, 5.74) is 8.20. The lowest BCUT2D eigenvalue weighted by molar-refractivity contribution is 0.305. The van der Waals surface area contributed by atoms with Crippen LogP contribution in [0.1, 0.15) is 32.8 Å². The van der Waals surface area contributed by atoms with Crippen LogP contribution in [0, 0.1) is 5.41 Å². The van der Waals surface area contributed by atoms with Gasteiger partial charge in [0.2, 0.25) is 0 Å². The largest absolute Gasteiger partial charge is 0.409 e. The van der Waals surface area contributed by atoms with E-state index in [2.05, 4.69) is 41.2 Å². The van der Waals surface area contributed by atoms with Gasteiger partial charge >= 0.3 is 0 Å². The van der Waals surface area contributed by atoms with Crippen molar-refractivity contribution in [3.63, 3.8) is 0 Å². The fourth-order valence-corrected chi connectivity index (χ4v) is 2.63. The van der Waals surface area contributed by atoms with E-state index < -0.39 is 0 Å². The predicted molar refractivity (Wildman–Crippen MR) is 78.8 cm³/mol. The first-order chi connectivity index (χ1) is 8.95. The van der Waals surface area contributed by atoms with Crippen molar-refractivity contribution in [2.75, 3.05) is 11.4 Å². The van der Waals surface area contributed by atoms with E-state index in [1.54, 1.807) is 0 Å². The van der Waals surface area contributed by atoms with Crippen LogP contribution in [0.15, 0.2) is 29.4 Å². The zero-order valence-corrected chi connectivity index (χ0v) is 11.9. The van der Waals surface area contributed by atoms with Gasteiger partial charge in [-0.15, -0.1) is 0 Å². The zero-order chi connectivity index (χ0) is 14.0. The second-order valence-corrected chi connectivity index (χ2v) is 5.99. The van der Waals surface area contributed by atoms with E-state index in [1.807, 2.05) is 13.8 Å². The van der Waals surface area contributed by atoms with Crippen LogP contribution in [0.5, 0.6) is 0 Å². The van der Waals surface area contributed by atoms with Gasteiger partial charge in [-0.25, -0.2) is 0 Å². The molecule has 104 valence electrons. The molecule has 1 aliphatic rings. The Hall–Kier alpha value is -1.71. The molecule has 1 heterocycles. The van der Waals surface area contributed by atoms with Crippen LogP contribution in [0.3, 0.4) is 0 Å². The molecule has 0 bridgehead atoms. The molecule has 0 saturated heterocycles. The third kappa shape index (κ3) is 2.67. The third-order valence-electron chi connectivity index (χ3n) is 4.13. The fraction of sp³-hybridized carbons (Fsp3) is 0.533. The van der Waals surface area contributed by atoms with Crippen molar-refractivity contribution in [2.24, 2.45) is 16.3 Å². The fourth-order valence-electron chi connectivity index (χ4n) is 2.63. The first-order valence-corrected chi connectivity index (χ1v) is 6.78. The van der Waals surface area contributed by atoms with Crippen LogP contribution in [0.2, 0.25) is 0 Å². The topological polar surface area (TPSA) is 61.8 Å². The lowest BCUT2D eigenvalue weighted by Gasteiger charge is -2.30. The Kier molecular flexibility index (Phi) is 3.69. The lowest BCUT2D eigenvalue weighted by Crippen LogP contribution is -2.38. The number of rotatable bonds is 4. The van der Waals surface area contributed by atoms with E-state index in [1.165, 1.54) is 11.3 Å². The predicted octanol–water partition coefficient (Wildman–Crippen LogP) is 2.60. The highest BCUT2D eigenvalue weighted by atomic mass is 16.4. The van der Waals surface area contributed by atoms with Crippen molar-refractivity contribution in [3.05, 3.63) is 29.8 Å². The normalized spacial score (nSPS) is 19.6. The third-order valence-corrected chi connectivity index (χ3v) is 4.13. The van der Waals surface area contributed by atoms with Crippen molar-refractivity contribution in [1.29, 1.82) is 0 Å². The Labute approximate surface area is 114 Å². The highest BCUT2D eigenvalue weighted by Crippen LogP contribution is 2.33. The molecular weight excluding hydrogens is 238 g/mol. The Morgan fingerprint density at radius 1 is 1.47 bits per heavy atom. The van der Waals surface area contributed by atoms with Crippen molar-refractivity contribution < 1.29 is 5.21 Å². The Morgan fingerprint density at radius 3 is 2.84 bits per heavy atom. The van der Waals surface area contributed by atoms with Gasteiger partial charge in [-0.05, 0) is 31.4 Å². The first-order valence-electron chi connectivity index (χ1n) is 6.78. The van der Waals surface area contributed by atoms with Gasteiger partial charge in [0.25, 0.3) is 0 Å². The van der Waals surface area contributed by atoms with E-state index in [0.717, 1.165) is 19.4 Å². The molecule has 0 amide bonds. The van der Waals surface area contributed by atoms with Crippen molar-refractivity contribution in [1.82, 2.24) is 0 Å². The van der Waals surface area contributed by atoms with Crippen molar-refractivity contribution in [3.8, 4) is 0 Å². The molecule has 2 rings (SSSR count). The number of amidine groups is 1. The van der Waals surface area contributed by atoms with Crippen LogP contribution in [0.25, 0.3) is 0 Å². The minimum absolute atomic E-state index is 0.286. The van der Waals surface area contributed by atoms with E-state index in [-0.39, 0.29) is 5.41 Å². The summed E-state index contributed by atoms with van der Waals surface area (Å²) in [6.45, 7) is 7.18. The molecule has 4 nitrogen and oxygen atoms in total. The quantitative estimate of drug-likeness (QED) is 0.379. The molecule has 19 heavy (non-hydrogen) atoms. The highest BCUT2D eigenvalue weighted by molar-refractivity contribution is 5.85. The molecule has 0 aromatic heterocycles. The van der Waals surface area contributed by atoms with Gasteiger partial charge in [-0.3, -0.25) is 0 Å². The van der Waals surface area contributed by atoms with E-state index >= 15 is 0 Å². The molecule has 1 aromatic rings. The number of nitrogens with zero attached hydrogens (tertiary/aromatic N) is 2. The van der Waals surface area contributed by atoms with Gasteiger partial charge in [0.05, 0.1) is 0 Å². The zero-order valence-electron chi connectivity index (χ0n) is 11.9. The Morgan fingerprint density at radius 2 is 2.16 bits per heavy atom. The van der Waals surface area contributed by atoms with Crippen LogP contribution >= 0.6 is 0 Å². The van der Waals surface area contributed by atoms with Gasteiger partial charge in [-0.1, -0.05) is 37.2 Å². The molecule has 0 spiro atoms. The lowest BCUT2D eigenvalue weighted by atomic mass is 9.88. The Balaban J connectivity index is 2.08. The molecule has 1 aliphatic heterocycles. The van der Waals surface area contributed by atoms with Gasteiger partial charge in [0.15, 0.2) is 0 Å². The number of hydrogen-bond acceptors (Lipinski definition) is 3. The minimum atomic E-state index is -0.286. The molecule has 0 aliphatic carbocycles. The number of benzene rings is 1. The van der Waals surface area contributed by atoms with Crippen molar-refractivity contribution >= 4 is 11.5 Å². The first kappa shape index (κ1) is 13.7. The maximum atomic E-state index is 8.82. The van der Waals surface area contributed by atoms with Gasteiger partial charge < -0.3 is 15.8 Å². The number of fused-ring (bicyclic) bond motifs is 1. The van der Waals surface area contributed by atoms with Crippen molar-refractivity contribution in [2.45, 2.75) is 39.7 Å². The SMILES string of the molecule is CC1Cc2ccccc2N1CCC(C)(C)C(N)=NO. The van der Waals surface area contributed by atoms with Crippen LogP contribution in [0.4, 0.5) is 5.69 Å². The minimum Gasteiger partial charge on any atom is -0.409 e. The maximum Gasteiger partial charge on any atom is 0.144 e. The summed E-state index contributed by atoms with van der Waals surface area (Å²) in [4.78, 5) is 2.42. The molecule has 0 fully saturated rings. The molecule has 1 atom stereocenters. The molecule has 3 N–H and O–H groups in total. The summed E-state index contributed by atoms with van der Waals surface area (Å²) in [6.07, 6.45) is 1.96. The summed E-state index contributed by atoms with van der Waals surface area (Å²) in [7, 11) is 0. The number of anilines is 1. The molecule has 0 radical (unpaired) electrons. The van der Waals surface area contributed by atoms with Crippen LogP contribution in [-0.4, -0.2) is 23.6 Å². The summed E-state index contributed by atoms with van der Waals surface area (Å²) in [5, 5.41) is 12.0. The number of oxime groups is 1. The molecule has 0 saturated carbocycles. The second kappa shape index (κ2) is 5.11.